The Bertz CT molecular complexity index is 695. The fourth-order valence-electron chi connectivity index (χ4n) is 1.96. The van der Waals surface area contributed by atoms with Gasteiger partial charge in [0, 0.05) is 22.3 Å². The topological polar surface area (TPSA) is 70.9 Å². The molecule has 0 fully saturated rings. The summed E-state index contributed by atoms with van der Waals surface area (Å²) < 4.78 is 0. The minimum atomic E-state index is -0.166. The number of nitrogens with two attached hydrogens (primary N) is 1. The average Bonchev–Trinajstić information content (AvgIpc) is 2.85. The van der Waals surface area contributed by atoms with E-state index in [1.54, 1.807) is 24.3 Å². The second-order valence-electron chi connectivity index (χ2n) is 4.35. The van der Waals surface area contributed by atoms with Crippen molar-refractivity contribution in [1.82, 2.24) is 4.98 Å². The first kappa shape index (κ1) is 11.3. The molecule has 0 spiro atoms. The summed E-state index contributed by atoms with van der Waals surface area (Å²) in [5, 5.41) is 3.84. The van der Waals surface area contributed by atoms with Crippen LogP contribution < -0.4 is 11.1 Å². The number of amides is 1. The second-order valence-corrected chi connectivity index (χ2v) is 4.35. The van der Waals surface area contributed by atoms with E-state index in [2.05, 4.69) is 10.3 Å². The van der Waals surface area contributed by atoms with Crippen molar-refractivity contribution in [1.29, 1.82) is 0 Å². The third-order valence-corrected chi connectivity index (χ3v) is 2.94. The summed E-state index contributed by atoms with van der Waals surface area (Å²) in [5.41, 5.74) is 8.48. The predicted molar refractivity (Wildman–Crippen MR) is 77.1 cm³/mol. The fourth-order valence-corrected chi connectivity index (χ4v) is 1.96. The number of hydrogen-bond acceptors (Lipinski definition) is 2. The van der Waals surface area contributed by atoms with Gasteiger partial charge in [0.2, 0.25) is 0 Å². The number of fused-ring (bicyclic) bond motifs is 1. The lowest BCUT2D eigenvalue weighted by Gasteiger charge is -2.03. The number of hydrogen-bond donors (Lipinski definition) is 3. The van der Waals surface area contributed by atoms with Crippen molar-refractivity contribution in [2.24, 2.45) is 0 Å². The largest absolute Gasteiger partial charge is 0.399 e. The summed E-state index contributed by atoms with van der Waals surface area (Å²) in [4.78, 5) is 15.2. The molecule has 0 bridgehead atoms. The summed E-state index contributed by atoms with van der Waals surface area (Å²) in [6.45, 7) is 0. The molecule has 0 unspecified atom stereocenters. The number of carbonyl (C=O) groups excluding carboxylic acids is 1. The van der Waals surface area contributed by atoms with Crippen LogP contribution in [-0.2, 0) is 0 Å². The SMILES string of the molecule is Nc1ccc(NC(=O)c2cc3ccccc3[nH]2)cc1. The van der Waals surface area contributed by atoms with E-state index < -0.39 is 0 Å². The molecule has 4 nitrogen and oxygen atoms in total. The number of H-pyrrole nitrogens is 1. The van der Waals surface area contributed by atoms with Crippen molar-refractivity contribution in [3.63, 3.8) is 0 Å². The molecule has 4 N–H and O–H groups in total. The highest BCUT2D eigenvalue weighted by Crippen LogP contribution is 2.16. The molecule has 3 rings (SSSR count). The Morgan fingerprint density at radius 1 is 1.05 bits per heavy atom. The highest BCUT2D eigenvalue weighted by atomic mass is 16.1. The van der Waals surface area contributed by atoms with Crippen molar-refractivity contribution in [2.75, 3.05) is 11.1 Å². The van der Waals surface area contributed by atoms with Crippen LogP contribution in [0.2, 0.25) is 0 Å². The summed E-state index contributed by atoms with van der Waals surface area (Å²) in [6.07, 6.45) is 0. The smallest absolute Gasteiger partial charge is 0.272 e. The monoisotopic (exact) mass is 251 g/mol. The number of para-hydroxylation sites is 1. The zero-order valence-electron chi connectivity index (χ0n) is 10.2. The summed E-state index contributed by atoms with van der Waals surface area (Å²) in [7, 11) is 0. The molecule has 1 heterocycles. The van der Waals surface area contributed by atoms with Crippen molar-refractivity contribution >= 4 is 28.2 Å². The van der Waals surface area contributed by atoms with Crippen molar-refractivity contribution < 1.29 is 4.79 Å². The van der Waals surface area contributed by atoms with Crippen molar-refractivity contribution in [2.45, 2.75) is 0 Å². The van der Waals surface area contributed by atoms with Crippen LogP contribution in [0.15, 0.2) is 54.6 Å². The van der Waals surface area contributed by atoms with Gasteiger partial charge in [-0.15, -0.1) is 0 Å². The first-order chi connectivity index (χ1) is 9.22. The van der Waals surface area contributed by atoms with E-state index in [9.17, 15) is 4.79 Å². The van der Waals surface area contributed by atoms with Gasteiger partial charge in [-0.1, -0.05) is 18.2 Å². The Kier molecular flexibility index (Phi) is 2.68. The van der Waals surface area contributed by atoms with Crippen LogP contribution in [0.4, 0.5) is 11.4 Å². The Morgan fingerprint density at radius 2 is 1.79 bits per heavy atom. The summed E-state index contributed by atoms with van der Waals surface area (Å²) in [5.74, 6) is -0.166. The van der Waals surface area contributed by atoms with Gasteiger partial charge in [-0.2, -0.15) is 0 Å². The first-order valence-electron chi connectivity index (χ1n) is 5.97. The van der Waals surface area contributed by atoms with Gasteiger partial charge < -0.3 is 16.0 Å². The van der Waals surface area contributed by atoms with Crippen LogP contribution >= 0.6 is 0 Å². The van der Waals surface area contributed by atoms with E-state index in [0.717, 1.165) is 16.6 Å². The number of rotatable bonds is 2. The van der Waals surface area contributed by atoms with Crippen LogP contribution in [0.1, 0.15) is 10.5 Å². The number of carbonyl (C=O) groups is 1. The number of aromatic nitrogens is 1. The molecule has 94 valence electrons. The lowest BCUT2D eigenvalue weighted by atomic mass is 10.2. The van der Waals surface area contributed by atoms with Gasteiger partial charge in [0.1, 0.15) is 5.69 Å². The van der Waals surface area contributed by atoms with E-state index in [0.29, 0.717) is 11.4 Å². The molecule has 4 heteroatoms. The lowest BCUT2D eigenvalue weighted by Crippen LogP contribution is -2.12. The van der Waals surface area contributed by atoms with E-state index in [1.807, 2.05) is 30.3 Å². The zero-order valence-corrected chi connectivity index (χ0v) is 10.2. The number of aromatic amines is 1. The average molecular weight is 251 g/mol. The third kappa shape index (κ3) is 2.28. The minimum Gasteiger partial charge on any atom is -0.399 e. The maximum atomic E-state index is 12.1. The highest BCUT2D eigenvalue weighted by molar-refractivity contribution is 6.05. The van der Waals surface area contributed by atoms with Crippen LogP contribution in [0, 0.1) is 0 Å². The summed E-state index contributed by atoms with van der Waals surface area (Å²) in [6, 6.07) is 16.7. The number of benzene rings is 2. The predicted octanol–water partition coefficient (Wildman–Crippen LogP) is 3.00. The van der Waals surface area contributed by atoms with Crippen LogP contribution in [-0.4, -0.2) is 10.9 Å². The molecular weight excluding hydrogens is 238 g/mol. The molecule has 1 amide bonds. The van der Waals surface area contributed by atoms with E-state index in [1.165, 1.54) is 0 Å². The van der Waals surface area contributed by atoms with Gasteiger partial charge in [0.05, 0.1) is 0 Å². The molecule has 0 atom stereocenters. The Labute approximate surface area is 110 Å². The van der Waals surface area contributed by atoms with E-state index >= 15 is 0 Å². The Morgan fingerprint density at radius 3 is 2.53 bits per heavy atom. The van der Waals surface area contributed by atoms with Gasteiger partial charge in [-0.25, -0.2) is 0 Å². The first-order valence-corrected chi connectivity index (χ1v) is 5.97. The Balaban J connectivity index is 1.85. The number of nitrogens with one attached hydrogen (secondary N) is 2. The molecule has 0 saturated heterocycles. The fraction of sp³-hybridized carbons (Fsp3) is 0. The van der Waals surface area contributed by atoms with Gasteiger partial charge >= 0.3 is 0 Å². The van der Waals surface area contributed by atoms with Gasteiger partial charge in [-0.05, 0) is 36.4 Å². The molecule has 0 aliphatic carbocycles. The zero-order chi connectivity index (χ0) is 13.2. The molecule has 0 aliphatic heterocycles. The normalized spacial score (nSPS) is 10.5. The molecule has 0 aliphatic rings. The number of nitrogen functional groups attached to an aromatic ring is 1. The van der Waals surface area contributed by atoms with Crippen molar-refractivity contribution in [3.8, 4) is 0 Å². The maximum absolute atomic E-state index is 12.1. The Hall–Kier alpha value is -2.75. The van der Waals surface area contributed by atoms with Gasteiger partial charge in [0.15, 0.2) is 0 Å². The molecule has 1 aromatic heterocycles. The van der Waals surface area contributed by atoms with E-state index in [4.69, 9.17) is 5.73 Å². The second kappa shape index (κ2) is 4.49. The minimum absolute atomic E-state index is 0.166. The molecule has 0 radical (unpaired) electrons. The standard InChI is InChI=1S/C15H13N3O/c16-11-5-7-12(8-6-11)17-15(19)14-9-10-3-1-2-4-13(10)18-14/h1-9,18H,16H2,(H,17,19). The summed E-state index contributed by atoms with van der Waals surface area (Å²) >= 11 is 0. The van der Waals surface area contributed by atoms with E-state index in [-0.39, 0.29) is 5.91 Å². The molecule has 0 saturated carbocycles. The van der Waals surface area contributed by atoms with Crippen LogP contribution in [0.5, 0.6) is 0 Å². The molecule has 2 aromatic carbocycles. The lowest BCUT2D eigenvalue weighted by molar-refractivity contribution is 0.102. The quantitative estimate of drug-likeness (QED) is 0.613. The van der Waals surface area contributed by atoms with Crippen LogP contribution in [0.3, 0.4) is 0 Å². The number of anilines is 2. The molecule has 3 aromatic rings. The molecular formula is C15H13N3O. The van der Waals surface area contributed by atoms with Crippen molar-refractivity contribution in [3.05, 3.63) is 60.3 Å². The highest BCUT2D eigenvalue weighted by Gasteiger charge is 2.09. The maximum Gasteiger partial charge on any atom is 0.272 e. The van der Waals surface area contributed by atoms with Gasteiger partial charge in [-0.3, -0.25) is 4.79 Å². The van der Waals surface area contributed by atoms with Crippen LogP contribution in [0.25, 0.3) is 10.9 Å². The van der Waals surface area contributed by atoms with Gasteiger partial charge in [0.25, 0.3) is 5.91 Å². The third-order valence-electron chi connectivity index (χ3n) is 2.94. The molecule has 19 heavy (non-hydrogen) atoms.